The van der Waals surface area contributed by atoms with Crippen LogP contribution in [0.15, 0.2) is 43.5 Å². The molecule has 1 heterocycles. The molecule has 2 rings (SSSR count). The lowest BCUT2D eigenvalue weighted by atomic mass is 10.1. The molecule has 120 valence electrons. The third kappa shape index (κ3) is 4.36. The maximum absolute atomic E-state index is 5.62. The topological polar surface area (TPSA) is 27.7 Å². The number of rotatable bonds is 8. The predicted molar refractivity (Wildman–Crippen MR) is 93.7 cm³/mol. The lowest BCUT2D eigenvalue weighted by Gasteiger charge is -2.31. The van der Waals surface area contributed by atoms with Gasteiger partial charge >= 0.3 is 0 Å². The minimum absolute atomic E-state index is 0.855. The number of hydrogen-bond acceptors (Lipinski definition) is 4. The molecular formula is C18H27N3O. The van der Waals surface area contributed by atoms with Gasteiger partial charge in [-0.25, -0.2) is 0 Å². The second-order valence-corrected chi connectivity index (χ2v) is 5.51. The van der Waals surface area contributed by atoms with E-state index in [2.05, 4.69) is 46.5 Å². The Bertz CT molecular complexity index is 485. The molecule has 1 aliphatic rings. The summed E-state index contributed by atoms with van der Waals surface area (Å²) in [5.41, 5.74) is 2.44. The van der Waals surface area contributed by atoms with E-state index in [0.717, 1.165) is 51.6 Å². The van der Waals surface area contributed by atoms with Crippen LogP contribution in [0.5, 0.6) is 5.75 Å². The predicted octanol–water partition coefficient (Wildman–Crippen LogP) is 2.28. The van der Waals surface area contributed by atoms with Crippen molar-refractivity contribution in [2.24, 2.45) is 0 Å². The van der Waals surface area contributed by atoms with Gasteiger partial charge in [0.15, 0.2) is 0 Å². The minimum Gasteiger partial charge on any atom is -0.495 e. The molecule has 0 atom stereocenters. The number of benzene rings is 1. The number of ether oxygens (including phenoxy) is 1. The van der Waals surface area contributed by atoms with E-state index >= 15 is 0 Å². The maximum Gasteiger partial charge on any atom is 0.142 e. The summed E-state index contributed by atoms with van der Waals surface area (Å²) in [4.78, 5) is 4.67. The molecule has 0 saturated carbocycles. The summed E-state index contributed by atoms with van der Waals surface area (Å²) in [5, 5.41) is 3.38. The van der Waals surface area contributed by atoms with E-state index in [1.165, 1.54) is 11.3 Å². The highest BCUT2D eigenvalue weighted by Crippen LogP contribution is 2.30. The van der Waals surface area contributed by atoms with Crippen LogP contribution in [0.2, 0.25) is 0 Å². The third-order valence-corrected chi connectivity index (χ3v) is 3.88. The van der Waals surface area contributed by atoms with Gasteiger partial charge in [-0.3, -0.25) is 4.90 Å². The van der Waals surface area contributed by atoms with E-state index in [4.69, 9.17) is 4.74 Å². The van der Waals surface area contributed by atoms with E-state index in [1.54, 1.807) is 7.11 Å². The molecule has 1 aromatic rings. The molecule has 4 heteroatoms. The van der Waals surface area contributed by atoms with Crippen LogP contribution in [0.3, 0.4) is 0 Å². The quantitative estimate of drug-likeness (QED) is 0.746. The van der Waals surface area contributed by atoms with Gasteiger partial charge in [0.05, 0.1) is 12.8 Å². The first-order valence-corrected chi connectivity index (χ1v) is 7.85. The molecule has 4 nitrogen and oxygen atoms in total. The summed E-state index contributed by atoms with van der Waals surface area (Å²) < 4.78 is 5.62. The minimum atomic E-state index is 0.855. The van der Waals surface area contributed by atoms with Crippen LogP contribution in [-0.4, -0.2) is 51.3 Å². The second kappa shape index (κ2) is 8.61. The van der Waals surface area contributed by atoms with Crippen molar-refractivity contribution in [3.8, 4) is 5.75 Å². The average molecular weight is 301 g/mol. The highest BCUT2D eigenvalue weighted by atomic mass is 16.5. The third-order valence-electron chi connectivity index (χ3n) is 3.88. The number of nitrogens with one attached hydrogen (secondary N) is 1. The molecular weight excluding hydrogens is 274 g/mol. The molecule has 0 bridgehead atoms. The summed E-state index contributed by atoms with van der Waals surface area (Å²) in [6, 6.07) is 6.52. The van der Waals surface area contributed by atoms with Crippen molar-refractivity contribution in [3.05, 3.63) is 49.1 Å². The molecule has 1 aromatic carbocycles. The molecule has 0 aliphatic carbocycles. The number of nitrogens with zero attached hydrogens (tertiary/aromatic N) is 2. The molecule has 0 spiro atoms. The fourth-order valence-corrected chi connectivity index (χ4v) is 2.81. The van der Waals surface area contributed by atoms with Gasteiger partial charge in [-0.05, 0) is 17.7 Å². The second-order valence-electron chi connectivity index (χ2n) is 5.51. The highest BCUT2D eigenvalue weighted by Gasteiger charge is 2.15. The van der Waals surface area contributed by atoms with E-state index in [-0.39, 0.29) is 0 Å². The van der Waals surface area contributed by atoms with Gasteiger partial charge in [0.2, 0.25) is 0 Å². The van der Waals surface area contributed by atoms with Crippen molar-refractivity contribution in [3.63, 3.8) is 0 Å². The summed E-state index contributed by atoms with van der Waals surface area (Å²) in [6.07, 6.45) is 3.85. The first kappa shape index (κ1) is 16.6. The first-order chi connectivity index (χ1) is 10.8. The van der Waals surface area contributed by atoms with Crippen LogP contribution < -0.4 is 15.0 Å². The zero-order valence-corrected chi connectivity index (χ0v) is 13.6. The summed E-state index contributed by atoms with van der Waals surface area (Å²) in [7, 11) is 1.75. The Labute approximate surface area is 134 Å². The van der Waals surface area contributed by atoms with Crippen molar-refractivity contribution in [2.75, 3.05) is 51.3 Å². The molecule has 0 unspecified atom stereocenters. The SMILES string of the molecule is C=CCN(CC=C)Cc1ccc(N2CCNCC2)c(OC)c1. The van der Waals surface area contributed by atoms with Crippen LogP contribution in [0.1, 0.15) is 5.56 Å². The fourth-order valence-electron chi connectivity index (χ4n) is 2.81. The molecule has 1 aliphatic heterocycles. The van der Waals surface area contributed by atoms with Crippen LogP contribution in [0, 0.1) is 0 Å². The number of anilines is 1. The van der Waals surface area contributed by atoms with Gasteiger partial charge in [0.1, 0.15) is 5.75 Å². The summed E-state index contributed by atoms with van der Waals surface area (Å²) in [6.45, 7) is 14.3. The standard InChI is InChI=1S/C18H27N3O/c1-4-10-20(11-5-2)15-16-6-7-17(18(14-16)22-3)21-12-8-19-9-13-21/h4-7,14,19H,1-2,8-13,15H2,3H3. The Morgan fingerprint density at radius 2 is 1.91 bits per heavy atom. The van der Waals surface area contributed by atoms with Gasteiger partial charge in [-0.2, -0.15) is 0 Å². The molecule has 1 N–H and O–H groups in total. The molecule has 22 heavy (non-hydrogen) atoms. The van der Waals surface area contributed by atoms with Gasteiger partial charge in [-0.15, -0.1) is 13.2 Å². The zero-order chi connectivity index (χ0) is 15.8. The number of hydrogen-bond donors (Lipinski definition) is 1. The van der Waals surface area contributed by atoms with E-state index in [0.29, 0.717) is 0 Å². The number of methoxy groups -OCH3 is 1. The van der Waals surface area contributed by atoms with Crippen LogP contribution in [0.4, 0.5) is 5.69 Å². The summed E-state index contributed by atoms with van der Waals surface area (Å²) >= 11 is 0. The van der Waals surface area contributed by atoms with Crippen molar-refractivity contribution >= 4 is 5.69 Å². The van der Waals surface area contributed by atoms with Crippen molar-refractivity contribution in [1.82, 2.24) is 10.2 Å². The highest BCUT2D eigenvalue weighted by molar-refractivity contribution is 5.60. The van der Waals surface area contributed by atoms with E-state index in [9.17, 15) is 0 Å². The fraction of sp³-hybridized carbons (Fsp3) is 0.444. The van der Waals surface area contributed by atoms with Gasteiger partial charge < -0.3 is 15.0 Å². The van der Waals surface area contributed by atoms with Crippen LogP contribution >= 0.6 is 0 Å². The van der Waals surface area contributed by atoms with E-state index < -0.39 is 0 Å². The van der Waals surface area contributed by atoms with Gasteiger partial charge in [-0.1, -0.05) is 18.2 Å². The van der Waals surface area contributed by atoms with Crippen LogP contribution in [0.25, 0.3) is 0 Å². The normalized spacial score (nSPS) is 14.9. The Hall–Kier alpha value is -1.78. The average Bonchev–Trinajstić information content (AvgIpc) is 2.56. The van der Waals surface area contributed by atoms with Gasteiger partial charge in [0.25, 0.3) is 0 Å². The molecule has 1 fully saturated rings. The monoisotopic (exact) mass is 301 g/mol. The lowest BCUT2D eigenvalue weighted by molar-refractivity contribution is 0.326. The molecule has 1 saturated heterocycles. The largest absolute Gasteiger partial charge is 0.495 e. The van der Waals surface area contributed by atoms with Crippen LogP contribution in [-0.2, 0) is 6.54 Å². The Kier molecular flexibility index (Phi) is 6.49. The smallest absolute Gasteiger partial charge is 0.142 e. The number of piperazine rings is 1. The van der Waals surface area contributed by atoms with Crippen molar-refractivity contribution in [2.45, 2.75) is 6.54 Å². The Morgan fingerprint density at radius 1 is 1.23 bits per heavy atom. The first-order valence-electron chi connectivity index (χ1n) is 7.85. The molecule has 0 amide bonds. The lowest BCUT2D eigenvalue weighted by Crippen LogP contribution is -2.43. The molecule has 0 radical (unpaired) electrons. The van der Waals surface area contributed by atoms with E-state index in [1.807, 2.05) is 12.2 Å². The zero-order valence-electron chi connectivity index (χ0n) is 13.6. The maximum atomic E-state index is 5.62. The van der Waals surface area contributed by atoms with Gasteiger partial charge in [0, 0.05) is 45.8 Å². The molecule has 0 aromatic heterocycles. The Morgan fingerprint density at radius 3 is 2.50 bits per heavy atom. The Balaban J connectivity index is 2.13. The van der Waals surface area contributed by atoms with Crippen molar-refractivity contribution < 1.29 is 4.74 Å². The van der Waals surface area contributed by atoms with Crippen molar-refractivity contribution in [1.29, 1.82) is 0 Å². The summed E-state index contributed by atoms with van der Waals surface area (Å²) in [5.74, 6) is 0.955.